The highest BCUT2D eigenvalue weighted by atomic mass is 35.5. The molecule has 4 aromatic heterocycles. The van der Waals surface area contributed by atoms with Crippen molar-refractivity contribution >= 4 is 102 Å². The molecule has 108 heavy (non-hydrogen) atoms. The summed E-state index contributed by atoms with van der Waals surface area (Å²) in [6.07, 6.45) is -0.570. The number of esters is 3. The second-order valence-corrected chi connectivity index (χ2v) is 29.4. The number of sulfone groups is 1. The van der Waals surface area contributed by atoms with Crippen LogP contribution in [0.3, 0.4) is 0 Å². The van der Waals surface area contributed by atoms with Gasteiger partial charge in [0.25, 0.3) is 15.6 Å². The number of rotatable bonds is 19. The lowest BCUT2D eigenvalue weighted by Crippen LogP contribution is -2.48. The van der Waals surface area contributed by atoms with Gasteiger partial charge < -0.3 is 43.5 Å². The van der Waals surface area contributed by atoms with Gasteiger partial charge in [0.05, 0.1) is 98.3 Å². The number of hydrazone groups is 1. The zero-order chi connectivity index (χ0) is 80.3. The van der Waals surface area contributed by atoms with Gasteiger partial charge in [0.1, 0.15) is 29.1 Å². The van der Waals surface area contributed by atoms with Crippen molar-refractivity contribution in [3.63, 3.8) is 0 Å². The summed E-state index contributed by atoms with van der Waals surface area (Å²) in [6.45, 7) is 21.0. The van der Waals surface area contributed by atoms with Crippen molar-refractivity contribution in [3.05, 3.63) is 137 Å². The van der Waals surface area contributed by atoms with Crippen LogP contribution in [0.4, 0.5) is 29.6 Å². The monoisotopic (exact) mass is 1590 g/mol. The number of carboxylic acids is 1. The van der Waals surface area contributed by atoms with Crippen molar-refractivity contribution in [1.29, 1.82) is 0 Å². The molecule has 0 fully saturated rings. The highest BCUT2D eigenvalue weighted by Crippen LogP contribution is 2.41. The third-order valence-corrected chi connectivity index (χ3v) is 19.2. The molecule has 0 radical (unpaired) electrons. The third-order valence-electron chi connectivity index (χ3n) is 16.2. The first-order valence-electron chi connectivity index (χ1n) is 32.9. The molecule has 0 aliphatic carbocycles. The van der Waals surface area contributed by atoms with E-state index in [-0.39, 0.29) is 70.5 Å². The number of aryl methyl sites for hydroxylation is 4. The van der Waals surface area contributed by atoms with Crippen LogP contribution in [0.1, 0.15) is 128 Å². The number of amides is 2. The summed E-state index contributed by atoms with van der Waals surface area (Å²) < 4.78 is 125. The third kappa shape index (κ3) is 19.6. The fourth-order valence-corrected chi connectivity index (χ4v) is 13.5. The van der Waals surface area contributed by atoms with Crippen molar-refractivity contribution in [2.45, 2.75) is 130 Å². The van der Waals surface area contributed by atoms with Crippen LogP contribution in [0.15, 0.2) is 91.8 Å². The van der Waals surface area contributed by atoms with Crippen LogP contribution >= 0.6 is 23.2 Å². The van der Waals surface area contributed by atoms with Gasteiger partial charge in [-0.2, -0.15) is 41.8 Å². The summed E-state index contributed by atoms with van der Waals surface area (Å²) in [5.41, 5.74) is 2.30. The summed E-state index contributed by atoms with van der Waals surface area (Å²) in [6, 6.07) is 12.3. The number of nitrogens with zero attached hydrogens (tertiary/aromatic N) is 10. The van der Waals surface area contributed by atoms with E-state index in [1.807, 2.05) is 26.1 Å². The van der Waals surface area contributed by atoms with E-state index in [1.54, 1.807) is 55.3 Å². The summed E-state index contributed by atoms with van der Waals surface area (Å²) in [7, 11) is -4.67. The summed E-state index contributed by atoms with van der Waals surface area (Å²) in [5, 5.41) is 33.6. The first-order valence-corrected chi connectivity index (χ1v) is 37.1. The molecule has 3 aliphatic rings. The van der Waals surface area contributed by atoms with Gasteiger partial charge in [-0.25, -0.2) is 56.4 Å². The highest BCUT2D eigenvalue weighted by Gasteiger charge is 2.50. The zero-order valence-electron chi connectivity index (χ0n) is 61.1. The van der Waals surface area contributed by atoms with Crippen LogP contribution in [-0.4, -0.2) is 167 Å². The zero-order valence-corrected chi connectivity index (χ0v) is 64.2. The van der Waals surface area contributed by atoms with Crippen molar-refractivity contribution in [3.8, 4) is 34.6 Å². The standard InChI is InChI=1S/C23H32N2O4.C16H18Cl2N2O4.C16H17N3O5S.C14H12F3N5O7S/c1-7-16-13-15(3)14-17(8-2)18(16)19-20(26)24-9-11-28-12-10-25(24)21(19)29-22(27)23(4,5)6;1-4-23-14(21)12-9-16(3,15(22)24-5-2)20(19-12)13-7-6-10(17)8-11(13)18;1-9-10(15(20)11-8-17-19(2)16(11)21)4-5-13(25(3,22)23)14(9)12-6-7-24-18-12;1-28-8-5-9(29-2)20-12(19-8)21-13(25)22-30(26,27)10-6(11(23)24)3-4-7(18-10)14(15,16)17/h13-14H,7-12H2,1-6H3;6-8H,4-5,9H2,1-3H3;4-5,8,21H,6-7H2,1-3H3;3-5H,1-2H3,(H,23,24)(H2,19,20,21,22,25). The Bertz CT molecular complexity index is 4950. The average molecular weight is 1590 g/mol. The molecule has 0 saturated heterocycles. The fraction of sp³-hybridized carbons (Fsp3) is 0.406. The number of carboxylic acid groups (broad SMARTS) is 1. The Kier molecular flexibility index (Phi) is 27.5. The molecular weight excluding hydrogens is 1510 g/mol. The fourth-order valence-electron chi connectivity index (χ4n) is 11.0. The number of anilines is 2. The van der Waals surface area contributed by atoms with Crippen molar-refractivity contribution < 1.29 is 102 Å². The molecule has 7 heterocycles. The Morgan fingerprint density at radius 2 is 1.39 bits per heavy atom. The van der Waals surface area contributed by atoms with Gasteiger partial charge in [0.15, 0.2) is 26.2 Å². The van der Waals surface area contributed by atoms with Gasteiger partial charge in [0.2, 0.25) is 29.5 Å². The number of aromatic hydroxyl groups is 1. The van der Waals surface area contributed by atoms with E-state index in [4.69, 9.17) is 61.6 Å². The Morgan fingerprint density at radius 1 is 0.778 bits per heavy atom. The number of ether oxygens (including phenoxy) is 6. The number of nitrogens with one attached hydrogen (secondary N) is 2. The lowest BCUT2D eigenvalue weighted by atomic mass is 9.91. The van der Waals surface area contributed by atoms with Gasteiger partial charge in [-0.1, -0.05) is 59.9 Å². The second-order valence-electron chi connectivity index (χ2n) is 25.0. The maximum Gasteiger partial charge on any atom is 0.433 e. The first-order chi connectivity index (χ1) is 50.6. The highest BCUT2D eigenvalue weighted by molar-refractivity contribution is 7.91. The minimum absolute atomic E-state index is 0.0493. The summed E-state index contributed by atoms with van der Waals surface area (Å²) in [4.78, 5) is 102. The number of hydrogen-bond donors (Lipinski definition) is 4. The van der Waals surface area contributed by atoms with E-state index >= 15 is 0 Å². The molecule has 3 aromatic carbocycles. The Morgan fingerprint density at radius 3 is 1.91 bits per heavy atom. The lowest BCUT2D eigenvalue weighted by molar-refractivity contribution is -0.148. The number of halogens is 5. The molecule has 7 aromatic rings. The molecule has 4 N–H and O–H groups in total. The van der Waals surface area contributed by atoms with E-state index in [2.05, 4.69) is 63.2 Å². The Balaban J connectivity index is 0.000000201. The van der Waals surface area contributed by atoms with E-state index in [9.17, 15) is 68.7 Å². The molecule has 32 nitrogen and oxygen atoms in total. The average Bonchev–Trinajstić information content (AvgIpc) is 1.57. The lowest BCUT2D eigenvalue weighted by Gasteiger charge is -2.32. The largest absolute Gasteiger partial charge is 0.493 e. The van der Waals surface area contributed by atoms with Gasteiger partial charge in [-0.3, -0.25) is 19.7 Å². The van der Waals surface area contributed by atoms with Gasteiger partial charge in [-0.05, 0) is 133 Å². The topological polar surface area (TPSA) is 411 Å². The number of pyridine rings is 1. The van der Waals surface area contributed by atoms with Gasteiger partial charge >= 0.3 is 36.1 Å². The molecule has 582 valence electrons. The number of carbonyl (C=O) groups excluding carboxylic acids is 5. The molecule has 2 amide bonds. The van der Waals surface area contributed by atoms with Gasteiger partial charge in [0, 0.05) is 42.3 Å². The van der Waals surface area contributed by atoms with E-state index < -0.39 is 88.9 Å². The minimum Gasteiger partial charge on any atom is -0.493 e. The molecule has 1 atom stereocenters. The Hall–Kier alpha value is -10.5. The van der Waals surface area contributed by atoms with Crippen LogP contribution in [0.2, 0.25) is 10.0 Å². The smallest absolute Gasteiger partial charge is 0.433 e. The van der Waals surface area contributed by atoms with Crippen LogP contribution in [0, 0.1) is 19.3 Å². The number of methoxy groups -OCH3 is 2. The van der Waals surface area contributed by atoms with E-state index in [0.29, 0.717) is 95.5 Å². The molecule has 1 unspecified atom stereocenters. The molecular formula is C69H79Cl2F3N12O20S2. The molecule has 3 aliphatic heterocycles. The van der Waals surface area contributed by atoms with Crippen LogP contribution in [-0.2, 0) is 92.4 Å². The maximum absolute atomic E-state index is 13.5. The minimum atomic E-state index is -5.14. The SMILES string of the molecule is CCOC(=O)C1=NN(c2ccc(Cl)cc2Cl)C(C)(C(=O)OCC)C1.CCc1cc(C)cc(CC)c1-c1c(OC(=O)C(C)(C)C)n2n(c1=O)CCOCC2.COc1cc(OC)nc(NC(=O)NS(=O)(=O)c2nc(C(F)(F)F)ccc2C(=O)O)n1.Cc1c(C(=O)c2cnn(C)c2O)ccc(S(C)(=O)=O)c1C1=NOCC1. The molecule has 0 saturated carbocycles. The molecule has 39 heteroatoms. The number of hydrogen-bond acceptors (Lipinski definition) is 26. The number of carbonyl (C=O) groups is 6. The number of alkyl halides is 3. The van der Waals surface area contributed by atoms with Gasteiger partial charge in [-0.15, -0.1) is 0 Å². The van der Waals surface area contributed by atoms with Crippen LogP contribution in [0.5, 0.6) is 23.5 Å². The van der Waals surface area contributed by atoms with E-state index in [1.165, 1.54) is 65.6 Å². The number of aromatic carboxylic acids is 1. The normalized spacial score (nSPS) is 14.8. The second kappa shape index (κ2) is 35.0. The molecule has 0 spiro atoms. The predicted octanol–water partition coefficient (Wildman–Crippen LogP) is 9.49. The van der Waals surface area contributed by atoms with Crippen LogP contribution in [0.25, 0.3) is 11.1 Å². The number of urea groups is 1. The maximum atomic E-state index is 13.5. The van der Waals surface area contributed by atoms with Crippen molar-refractivity contribution in [1.82, 2.24) is 38.8 Å². The summed E-state index contributed by atoms with van der Waals surface area (Å²) >= 11 is 12.2. The number of aromatic nitrogens is 7. The number of sulfonamides is 1. The Labute approximate surface area is 628 Å². The molecule has 0 bridgehead atoms. The van der Waals surface area contributed by atoms with Crippen molar-refractivity contribution in [2.24, 2.45) is 22.7 Å². The predicted molar refractivity (Wildman–Crippen MR) is 387 cm³/mol. The van der Waals surface area contributed by atoms with Crippen molar-refractivity contribution in [2.75, 3.05) is 63.8 Å². The van der Waals surface area contributed by atoms with E-state index in [0.717, 1.165) is 35.8 Å². The number of oxime groups is 1. The molecule has 10 rings (SSSR count). The quantitative estimate of drug-likeness (QED) is 0.0432. The number of fused-ring (bicyclic) bond motifs is 1. The summed E-state index contributed by atoms with van der Waals surface area (Å²) in [5.74, 6) is -4.25. The number of benzene rings is 3. The number of ketones is 1. The van der Waals surface area contributed by atoms with Crippen LogP contribution < -0.4 is 34.8 Å². The first kappa shape index (κ1) is 84.8.